The second kappa shape index (κ2) is 8.57. The maximum absolute atomic E-state index is 12.9. The molecule has 0 aliphatic rings. The zero-order valence-corrected chi connectivity index (χ0v) is 17.1. The van der Waals surface area contributed by atoms with Crippen molar-refractivity contribution in [3.63, 3.8) is 0 Å². The first kappa shape index (κ1) is 19.9. The molecule has 0 atom stereocenters. The normalized spacial score (nSPS) is 11.5. The molecule has 4 aromatic carbocycles. The Labute approximate surface area is 176 Å². The highest BCUT2D eigenvalue weighted by Gasteiger charge is 2.17. The molecule has 0 heterocycles. The maximum Gasteiger partial charge on any atom is 0.241 e. The Bertz CT molecular complexity index is 1270. The van der Waals surface area contributed by atoms with Crippen LogP contribution in [0.4, 0.5) is 5.69 Å². The largest absolute Gasteiger partial charge is 0.489 e. The molecule has 4 aromatic rings. The number of sulfonamides is 1. The van der Waals surface area contributed by atoms with Crippen molar-refractivity contribution in [2.45, 2.75) is 18.0 Å². The second-order valence-corrected chi connectivity index (χ2v) is 8.68. The topological polar surface area (TPSA) is 81.4 Å². The molecule has 6 heteroatoms. The Morgan fingerprint density at radius 1 is 0.767 bits per heavy atom. The third-order valence-electron chi connectivity index (χ3n) is 4.82. The predicted molar refractivity (Wildman–Crippen MR) is 120 cm³/mol. The third-order valence-corrected chi connectivity index (χ3v) is 6.28. The summed E-state index contributed by atoms with van der Waals surface area (Å²) < 4.78 is 34.4. The third kappa shape index (κ3) is 4.45. The minimum atomic E-state index is -3.72. The van der Waals surface area contributed by atoms with Crippen LogP contribution in [-0.4, -0.2) is 8.42 Å². The van der Waals surface area contributed by atoms with Crippen molar-refractivity contribution in [2.75, 3.05) is 5.73 Å². The van der Waals surface area contributed by atoms with Gasteiger partial charge in [-0.15, -0.1) is 0 Å². The van der Waals surface area contributed by atoms with E-state index in [1.807, 2.05) is 60.7 Å². The number of rotatable bonds is 7. The molecule has 3 N–H and O–H groups in total. The van der Waals surface area contributed by atoms with E-state index in [2.05, 4.69) is 4.72 Å². The molecule has 152 valence electrons. The molecular formula is C24H22N2O3S. The van der Waals surface area contributed by atoms with Crippen LogP contribution in [0, 0.1) is 0 Å². The highest BCUT2D eigenvalue weighted by Crippen LogP contribution is 2.27. The first-order chi connectivity index (χ1) is 14.5. The fourth-order valence-electron chi connectivity index (χ4n) is 3.28. The summed E-state index contributed by atoms with van der Waals surface area (Å²) in [6.07, 6.45) is 0. The number of hydrogen-bond acceptors (Lipinski definition) is 4. The van der Waals surface area contributed by atoms with Crippen LogP contribution in [0.2, 0.25) is 0 Å². The summed E-state index contributed by atoms with van der Waals surface area (Å²) in [7, 11) is -3.72. The molecule has 0 amide bonds. The monoisotopic (exact) mass is 418 g/mol. The predicted octanol–water partition coefficient (Wildman–Crippen LogP) is 4.48. The van der Waals surface area contributed by atoms with E-state index in [9.17, 15) is 8.42 Å². The molecule has 0 fully saturated rings. The fraction of sp³-hybridized carbons (Fsp3) is 0.0833. The van der Waals surface area contributed by atoms with Gasteiger partial charge >= 0.3 is 0 Å². The van der Waals surface area contributed by atoms with E-state index in [1.165, 1.54) is 0 Å². The summed E-state index contributed by atoms with van der Waals surface area (Å²) >= 11 is 0. The average Bonchev–Trinajstić information content (AvgIpc) is 2.77. The summed E-state index contributed by atoms with van der Waals surface area (Å²) in [5.41, 5.74) is 8.42. The second-order valence-electron chi connectivity index (χ2n) is 6.94. The van der Waals surface area contributed by atoms with Crippen LogP contribution >= 0.6 is 0 Å². The zero-order valence-electron chi connectivity index (χ0n) is 16.3. The number of nitrogens with one attached hydrogen (secondary N) is 1. The Balaban J connectivity index is 1.49. The van der Waals surface area contributed by atoms with Crippen LogP contribution in [0.15, 0.2) is 95.9 Å². The fourth-order valence-corrected chi connectivity index (χ4v) is 4.52. The van der Waals surface area contributed by atoms with Gasteiger partial charge in [0.1, 0.15) is 12.4 Å². The molecule has 0 aliphatic carbocycles. The summed E-state index contributed by atoms with van der Waals surface area (Å²) in [6, 6.07) is 27.7. The molecular weight excluding hydrogens is 396 g/mol. The van der Waals surface area contributed by atoms with Crippen LogP contribution in [-0.2, 0) is 23.2 Å². The van der Waals surface area contributed by atoms with Gasteiger partial charge in [0.2, 0.25) is 10.0 Å². The number of ether oxygens (including phenoxy) is 1. The highest BCUT2D eigenvalue weighted by atomic mass is 32.2. The van der Waals surface area contributed by atoms with Crippen molar-refractivity contribution in [3.05, 3.63) is 102 Å². The lowest BCUT2D eigenvalue weighted by Crippen LogP contribution is -2.23. The van der Waals surface area contributed by atoms with Crippen molar-refractivity contribution < 1.29 is 13.2 Å². The molecule has 5 nitrogen and oxygen atoms in total. The van der Waals surface area contributed by atoms with Gasteiger partial charge in [0.05, 0.1) is 4.90 Å². The summed E-state index contributed by atoms with van der Waals surface area (Å²) in [6.45, 7) is 0.608. The molecule has 0 bridgehead atoms. The molecule has 0 unspecified atom stereocenters. The minimum absolute atomic E-state index is 0.156. The van der Waals surface area contributed by atoms with Crippen molar-refractivity contribution in [1.29, 1.82) is 0 Å². The van der Waals surface area contributed by atoms with Crippen LogP contribution < -0.4 is 15.2 Å². The number of nitrogen functional groups attached to an aromatic ring is 1. The van der Waals surface area contributed by atoms with E-state index in [-0.39, 0.29) is 11.4 Å². The summed E-state index contributed by atoms with van der Waals surface area (Å²) in [5, 5.41) is 1.32. The molecule has 0 aromatic heterocycles. The van der Waals surface area contributed by atoms with Gasteiger partial charge in [-0.05, 0) is 35.4 Å². The van der Waals surface area contributed by atoms with E-state index in [1.54, 1.807) is 30.3 Å². The van der Waals surface area contributed by atoms with Crippen molar-refractivity contribution in [3.8, 4) is 5.75 Å². The van der Waals surface area contributed by atoms with Gasteiger partial charge in [-0.25, -0.2) is 13.1 Å². The number of nitrogens with two attached hydrogens (primary N) is 1. The van der Waals surface area contributed by atoms with Gasteiger partial charge in [-0.3, -0.25) is 0 Å². The van der Waals surface area contributed by atoms with E-state index in [0.717, 1.165) is 16.5 Å². The van der Waals surface area contributed by atoms with Crippen molar-refractivity contribution in [1.82, 2.24) is 4.72 Å². The first-order valence-corrected chi connectivity index (χ1v) is 11.0. The summed E-state index contributed by atoms with van der Waals surface area (Å²) in [5.74, 6) is 0.688. The number of benzene rings is 4. The Hall–Kier alpha value is -3.35. The van der Waals surface area contributed by atoms with Gasteiger partial charge in [-0.2, -0.15) is 0 Å². The number of anilines is 1. The number of fused-ring (bicyclic) bond motifs is 1. The lowest BCUT2D eigenvalue weighted by Gasteiger charge is -2.12. The van der Waals surface area contributed by atoms with Crippen molar-refractivity contribution >= 4 is 26.5 Å². The SMILES string of the molecule is Nc1cccc2c(S(=O)(=O)NCc3cccc(OCc4ccccc4)c3)cccc12. The molecule has 0 saturated heterocycles. The van der Waals surface area contributed by atoms with E-state index in [4.69, 9.17) is 10.5 Å². The quantitative estimate of drug-likeness (QED) is 0.434. The Kier molecular flexibility index (Phi) is 5.70. The van der Waals surface area contributed by atoms with Gasteiger partial charge < -0.3 is 10.5 Å². The van der Waals surface area contributed by atoms with E-state index < -0.39 is 10.0 Å². The number of hydrogen-bond donors (Lipinski definition) is 2. The first-order valence-electron chi connectivity index (χ1n) is 9.55. The van der Waals surface area contributed by atoms with Crippen LogP contribution in [0.3, 0.4) is 0 Å². The Morgan fingerprint density at radius 2 is 1.47 bits per heavy atom. The van der Waals surface area contributed by atoms with Crippen LogP contribution in [0.1, 0.15) is 11.1 Å². The lowest BCUT2D eigenvalue weighted by molar-refractivity contribution is 0.306. The lowest BCUT2D eigenvalue weighted by atomic mass is 10.1. The van der Waals surface area contributed by atoms with Crippen LogP contribution in [0.5, 0.6) is 5.75 Å². The minimum Gasteiger partial charge on any atom is -0.489 e. The average molecular weight is 419 g/mol. The molecule has 4 rings (SSSR count). The van der Waals surface area contributed by atoms with E-state index >= 15 is 0 Å². The highest BCUT2D eigenvalue weighted by molar-refractivity contribution is 7.89. The molecule has 0 spiro atoms. The zero-order chi connectivity index (χ0) is 21.0. The Morgan fingerprint density at radius 3 is 2.30 bits per heavy atom. The maximum atomic E-state index is 12.9. The molecule has 0 aliphatic heterocycles. The van der Waals surface area contributed by atoms with Gasteiger partial charge in [0.15, 0.2) is 0 Å². The summed E-state index contributed by atoms with van der Waals surface area (Å²) in [4.78, 5) is 0.212. The van der Waals surface area contributed by atoms with E-state index in [0.29, 0.717) is 23.4 Å². The van der Waals surface area contributed by atoms with Gasteiger partial charge in [-0.1, -0.05) is 66.7 Å². The van der Waals surface area contributed by atoms with Gasteiger partial charge in [0.25, 0.3) is 0 Å². The standard InChI is InChI=1S/C24H22N2O3S/c25-23-13-5-12-22-21(23)11-6-14-24(22)30(27,28)26-16-19-9-4-10-20(15-19)29-17-18-7-2-1-3-8-18/h1-15,26H,16-17,25H2. The molecule has 30 heavy (non-hydrogen) atoms. The molecule has 0 radical (unpaired) electrons. The van der Waals surface area contributed by atoms with Crippen molar-refractivity contribution in [2.24, 2.45) is 0 Å². The van der Waals surface area contributed by atoms with Crippen LogP contribution in [0.25, 0.3) is 10.8 Å². The smallest absolute Gasteiger partial charge is 0.241 e. The molecule has 0 saturated carbocycles. The van der Waals surface area contributed by atoms with Gasteiger partial charge in [0, 0.05) is 23.0 Å².